The van der Waals surface area contributed by atoms with Gasteiger partial charge in [-0.05, 0) is 12.8 Å². The Morgan fingerprint density at radius 1 is 1.33 bits per heavy atom. The zero-order chi connectivity index (χ0) is 6.53. The number of hydrogen-bond donors (Lipinski definition) is 0. The SMILES string of the molecule is C#C/C=C\N1CCCC1. The predicted octanol–water partition coefficient (Wildman–Crippen LogP) is 1.23. The molecule has 9 heavy (non-hydrogen) atoms. The van der Waals surface area contributed by atoms with E-state index < -0.39 is 0 Å². The molecule has 0 bridgehead atoms. The highest BCUT2D eigenvalue weighted by Gasteiger charge is 2.04. The summed E-state index contributed by atoms with van der Waals surface area (Å²) >= 11 is 0. The molecule has 0 unspecified atom stereocenters. The zero-order valence-corrected chi connectivity index (χ0v) is 5.51. The normalized spacial score (nSPS) is 18.8. The minimum Gasteiger partial charge on any atom is -0.377 e. The summed E-state index contributed by atoms with van der Waals surface area (Å²) in [5, 5.41) is 0. The fraction of sp³-hybridized carbons (Fsp3) is 0.500. The molecule has 1 saturated heterocycles. The van der Waals surface area contributed by atoms with Gasteiger partial charge in [-0.1, -0.05) is 5.92 Å². The van der Waals surface area contributed by atoms with E-state index in [1.165, 1.54) is 25.9 Å². The molecule has 0 aromatic heterocycles. The van der Waals surface area contributed by atoms with Gasteiger partial charge in [0.1, 0.15) is 0 Å². The molecule has 1 rings (SSSR count). The van der Waals surface area contributed by atoms with Crippen LogP contribution in [0.3, 0.4) is 0 Å². The largest absolute Gasteiger partial charge is 0.377 e. The highest BCUT2D eigenvalue weighted by Crippen LogP contribution is 2.06. The summed E-state index contributed by atoms with van der Waals surface area (Å²) in [5.41, 5.74) is 0. The van der Waals surface area contributed by atoms with E-state index in [4.69, 9.17) is 6.42 Å². The molecule has 48 valence electrons. The Bertz CT molecular complexity index is 135. The Morgan fingerprint density at radius 2 is 2.00 bits per heavy atom. The first-order chi connectivity index (χ1) is 4.43. The fourth-order valence-corrected chi connectivity index (χ4v) is 1.04. The van der Waals surface area contributed by atoms with Crippen molar-refractivity contribution in [3.63, 3.8) is 0 Å². The number of likely N-dealkylation sites (tertiary alicyclic amines) is 1. The highest BCUT2D eigenvalue weighted by atomic mass is 15.1. The van der Waals surface area contributed by atoms with E-state index in [0.717, 1.165) is 0 Å². The molecule has 0 aliphatic carbocycles. The monoisotopic (exact) mass is 121 g/mol. The van der Waals surface area contributed by atoms with Crippen LogP contribution in [0.25, 0.3) is 0 Å². The van der Waals surface area contributed by atoms with Crippen LogP contribution in [0.5, 0.6) is 0 Å². The first-order valence-electron chi connectivity index (χ1n) is 3.30. The predicted molar refractivity (Wildman–Crippen MR) is 38.8 cm³/mol. The lowest BCUT2D eigenvalue weighted by Crippen LogP contribution is -2.09. The maximum absolute atomic E-state index is 5.04. The van der Waals surface area contributed by atoms with Crippen LogP contribution in [0.15, 0.2) is 12.3 Å². The summed E-state index contributed by atoms with van der Waals surface area (Å²) in [4.78, 5) is 2.25. The minimum absolute atomic E-state index is 1.18. The van der Waals surface area contributed by atoms with Crippen molar-refractivity contribution in [3.8, 4) is 12.3 Å². The van der Waals surface area contributed by atoms with Crippen molar-refractivity contribution in [2.75, 3.05) is 13.1 Å². The number of hydrogen-bond acceptors (Lipinski definition) is 1. The van der Waals surface area contributed by atoms with Gasteiger partial charge in [-0.25, -0.2) is 0 Å². The van der Waals surface area contributed by atoms with Crippen LogP contribution in [0.1, 0.15) is 12.8 Å². The Hall–Kier alpha value is -0.900. The molecule has 0 N–H and O–H groups in total. The molecule has 1 heteroatoms. The van der Waals surface area contributed by atoms with Crippen LogP contribution in [-0.2, 0) is 0 Å². The van der Waals surface area contributed by atoms with Crippen LogP contribution in [-0.4, -0.2) is 18.0 Å². The second kappa shape index (κ2) is 3.19. The third-order valence-corrected chi connectivity index (χ3v) is 1.52. The van der Waals surface area contributed by atoms with Crippen LogP contribution in [0, 0.1) is 12.3 Å². The lowest BCUT2D eigenvalue weighted by atomic mass is 10.4. The van der Waals surface area contributed by atoms with Gasteiger partial charge in [-0.3, -0.25) is 0 Å². The quantitative estimate of drug-likeness (QED) is 0.472. The Morgan fingerprint density at radius 3 is 2.56 bits per heavy atom. The fourth-order valence-electron chi connectivity index (χ4n) is 1.04. The Kier molecular flexibility index (Phi) is 2.21. The van der Waals surface area contributed by atoms with E-state index >= 15 is 0 Å². The van der Waals surface area contributed by atoms with Crippen LogP contribution < -0.4 is 0 Å². The topological polar surface area (TPSA) is 3.24 Å². The van der Waals surface area contributed by atoms with Crippen molar-refractivity contribution >= 4 is 0 Å². The number of rotatable bonds is 1. The molecule has 1 heterocycles. The van der Waals surface area contributed by atoms with Gasteiger partial charge >= 0.3 is 0 Å². The summed E-state index contributed by atoms with van der Waals surface area (Å²) in [6.45, 7) is 2.36. The molecule has 1 fully saturated rings. The smallest absolute Gasteiger partial charge is 0.0173 e. The third kappa shape index (κ3) is 1.81. The molecule has 0 radical (unpaired) electrons. The maximum atomic E-state index is 5.04. The number of allylic oxidation sites excluding steroid dienone is 1. The molecule has 1 aliphatic rings. The molecule has 0 amide bonds. The standard InChI is InChI=1S/C8H11N/c1-2-3-6-9-7-4-5-8-9/h1,3,6H,4-5,7-8H2/b6-3-. The van der Waals surface area contributed by atoms with Gasteiger partial charge in [-0.2, -0.15) is 0 Å². The van der Waals surface area contributed by atoms with Crippen LogP contribution in [0.2, 0.25) is 0 Å². The first-order valence-corrected chi connectivity index (χ1v) is 3.30. The molecule has 0 aromatic carbocycles. The van der Waals surface area contributed by atoms with E-state index in [0.29, 0.717) is 0 Å². The van der Waals surface area contributed by atoms with E-state index in [2.05, 4.69) is 10.8 Å². The summed E-state index contributed by atoms with van der Waals surface area (Å²) in [6, 6.07) is 0. The van der Waals surface area contributed by atoms with Gasteiger partial charge in [0.25, 0.3) is 0 Å². The second-order valence-corrected chi connectivity index (χ2v) is 2.23. The van der Waals surface area contributed by atoms with Gasteiger partial charge in [0.05, 0.1) is 0 Å². The van der Waals surface area contributed by atoms with Crippen molar-refractivity contribution in [1.82, 2.24) is 4.90 Å². The van der Waals surface area contributed by atoms with E-state index in [1.54, 1.807) is 6.08 Å². The number of nitrogens with zero attached hydrogens (tertiary/aromatic N) is 1. The van der Waals surface area contributed by atoms with Gasteiger partial charge in [-0.15, -0.1) is 6.42 Å². The maximum Gasteiger partial charge on any atom is 0.0173 e. The molecule has 0 aromatic rings. The van der Waals surface area contributed by atoms with Crippen molar-refractivity contribution in [1.29, 1.82) is 0 Å². The summed E-state index contributed by atoms with van der Waals surface area (Å²) in [5.74, 6) is 2.47. The third-order valence-electron chi connectivity index (χ3n) is 1.52. The molecule has 0 spiro atoms. The van der Waals surface area contributed by atoms with Crippen molar-refractivity contribution in [3.05, 3.63) is 12.3 Å². The van der Waals surface area contributed by atoms with Gasteiger partial charge in [0, 0.05) is 25.4 Å². The second-order valence-electron chi connectivity index (χ2n) is 2.23. The van der Waals surface area contributed by atoms with Crippen molar-refractivity contribution in [2.24, 2.45) is 0 Å². The van der Waals surface area contributed by atoms with Gasteiger partial charge < -0.3 is 4.90 Å². The van der Waals surface area contributed by atoms with Crippen LogP contribution >= 0.6 is 0 Å². The molecule has 0 atom stereocenters. The molecule has 0 saturated carbocycles. The lowest BCUT2D eigenvalue weighted by Gasteiger charge is -2.08. The molecular formula is C8H11N. The van der Waals surface area contributed by atoms with E-state index in [9.17, 15) is 0 Å². The Balaban J connectivity index is 2.28. The van der Waals surface area contributed by atoms with E-state index in [1.807, 2.05) is 6.20 Å². The summed E-state index contributed by atoms with van der Waals surface area (Å²) < 4.78 is 0. The summed E-state index contributed by atoms with van der Waals surface area (Å²) in [6.07, 6.45) is 11.4. The van der Waals surface area contributed by atoms with Gasteiger partial charge in [0.15, 0.2) is 0 Å². The van der Waals surface area contributed by atoms with Crippen molar-refractivity contribution in [2.45, 2.75) is 12.8 Å². The highest BCUT2D eigenvalue weighted by molar-refractivity contribution is 5.08. The molecule has 1 nitrogen and oxygen atoms in total. The average Bonchev–Trinajstić information content (AvgIpc) is 2.34. The molecule has 1 aliphatic heterocycles. The Labute approximate surface area is 56.4 Å². The van der Waals surface area contributed by atoms with Gasteiger partial charge in [0.2, 0.25) is 0 Å². The lowest BCUT2D eigenvalue weighted by molar-refractivity contribution is 0.468. The molecular weight excluding hydrogens is 110 g/mol. The van der Waals surface area contributed by atoms with Crippen molar-refractivity contribution < 1.29 is 0 Å². The zero-order valence-electron chi connectivity index (χ0n) is 5.51. The van der Waals surface area contributed by atoms with E-state index in [-0.39, 0.29) is 0 Å². The minimum atomic E-state index is 1.18. The summed E-state index contributed by atoms with van der Waals surface area (Å²) in [7, 11) is 0. The average molecular weight is 121 g/mol. The number of terminal acetylenes is 1. The first kappa shape index (κ1) is 6.22. The van der Waals surface area contributed by atoms with Crippen LogP contribution in [0.4, 0.5) is 0 Å².